The molecule has 28 heavy (non-hydrogen) atoms. The van der Waals surface area contributed by atoms with Crippen molar-refractivity contribution in [3.05, 3.63) is 29.3 Å². The molecular weight excluding hydrogens is 376 g/mol. The van der Waals surface area contributed by atoms with Gasteiger partial charge in [0.15, 0.2) is 15.8 Å². The lowest BCUT2D eigenvalue weighted by molar-refractivity contribution is -0.00501. The summed E-state index contributed by atoms with van der Waals surface area (Å²) in [7, 11) is 1.03. The number of ether oxygens (including phenoxy) is 1. The Morgan fingerprint density at radius 3 is 2.46 bits per heavy atom. The van der Waals surface area contributed by atoms with Crippen LogP contribution in [0.25, 0.3) is 0 Å². The molecular formula is C20H34N4O3S. The van der Waals surface area contributed by atoms with Gasteiger partial charge in [-0.05, 0) is 58.0 Å². The van der Waals surface area contributed by atoms with E-state index in [1.807, 2.05) is 26.0 Å². The molecule has 1 fully saturated rings. The highest BCUT2D eigenvalue weighted by molar-refractivity contribution is 7.90. The molecule has 8 heteroatoms. The van der Waals surface area contributed by atoms with E-state index in [4.69, 9.17) is 4.74 Å². The van der Waals surface area contributed by atoms with E-state index in [-0.39, 0.29) is 5.54 Å². The van der Waals surface area contributed by atoms with Gasteiger partial charge in [-0.3, -0.25) is 0 Å². The molecule has 1 aliphatic heterocycles. The van der Waals surface area contributed by atoms with Gasteiger partial charge >= 0.3 is 0 Å². The van der Waals surface area contributed by atoms with Crippen LogP contribution >= 0.6 is 0 Å². The van der Waals surface area contributed by atoms with Gasteiger partial charge in [0.05, 0.1) is 11.4 Å². The first kappa shape index (κ1) is 22.6. The van der Waals surface area contributed by atoms with Crippen molar-refractivity contribution < 1.29 is 13.2 Å². The maximum atomic E-state index is 11.8. The zero-order valence-corrected chi connectivity index (χ0v) is 18.5. The molecule has 1 saturated heterocycles. The highest BCUT2D eigenvalue weighted by atomic mass is 32.2. The number of rotatable bonds is 7. The summed E-state index contributed by atoms with van der Waals surface area (Å²) in [5.41, 5.74) is 1.79. The van der Waals surface area contributed by atoms with Crippen molar-refractivity contribution in [3.63, 3.8) is 0 Å². The lowest BCUT2D eigenvalue weighted by atomic mass is 9.88. The van der Waals surface area contributed by atoms with Crippen LogP contribution in [0.4, 0.5) is 0 Å². The van der Waals surface area contributed by atoms with E-state index in [1.165, 1.54) is 6.26 Å². The van der Waals surface area contributed by atoms with Crippen LogP contribution in [0.15, 0.2) is 28.1 Å². The Kier molecular flexibility index (Phi) is 7.86. The van der Waals surface area contributed by atoms with E-state index < -0.39 is 9.84 Å². The highest BCUT2D eigenvalue weighted by Gasteiger charge is 2.34. The number of hydrogen-bond donors (Lipinski definition) is 2. The summed E-state index contributed by atoms with van der Waals surface area (Å²) in [5, 5.41) is 6.77. The van der Waals surface area contributed by atoms with Crippen LogP contribution in [0.3, 0.4) is 0 Å². The van der Waals surface area contributed by atoms with E-state index in [9.17, 15) is 8.42 Å². The van der Waals surface area contributed by atoms with Gasteiger partial charge in [-0.1, -0.05) is 12.1 Å². The Morgan fingerprint density at radius 2 is 1.93 bits per heavy atom. The van der Waals surface area contributed by atoms with Gasteiger partial charge in [0.2, 0.25) is 0 Å². The van der Waals surface area contributed by atoms with Crippen LogP contribution in [-0.2, 0) is 21.1 Å². The standard InChI is InChI=1S/C20H34N4O3S/c1-6-21-19(23-15-20(24(3)4)9-11-27-12-10-20)22-14-17-7-8-18(16(2)13-17)28(5,25)26/h7-8,13H,6,9-12,14-15H2,1-5H3,(H2,21,22,23). The second-order valence-corrected chi connectivity index (χ2v) is 9.64. The average Bonchev–Trinajstić information content (AvgIpc) is 2.63. The zero-order chi connectivity index (χ0) is 20.8. The molecule has 0 spiro atoms. The van der Waals surface area contributed by atoms with Crippen LogP contribution in [0.2, 0.25) is 0 Å². The molecule has 0 bridgehead atoms. The quantitative estimate of drug-likeness (QED) is 0.524. The van der Waals surface area contributed by atoms with E-state index in [2.05, 4.69) is 34.6 Å². The predicted molar refractivity (Wildman–Crippen MR) is 114 cm³/mol. The molecule has 1 aromatic rings. The molecule has 158 valence electrons. The van der Waals surface area contributed by atoms with Gasteiger partial charge in [-0.15, -0.1) is 0 Å². The number of sulfone groups is 1. The van der Waals surface area contributed by atoms with Gasteiger partial charge in [0.25, 0.3) is 0 Å². The molecule has 0 aromatic heterocycles. The molecule has 7 nitrogen and oxygen atoms in total. The van der Waals surface area contributed by atoms with E-state index in [1.54, 1.807) is 6.07 Å². The third-order valence-electron chi connectivity index (χ3n) is 5.36. The SMILES string of the molecule is CCNC(=NCc1ccc(S(C)(=O)=O)c(C)c1)NCC1(N(C)C)CCOCC1. The van der Waals surface area contributed by atoms with Crippen molar-refractivity contribution in [3.8, 4) is 0 Å². The normalized spacial score (nSPS) is 17.6. The third-order valence-corrected chi connectivity index (χ3v) is 6.62. The Balaban J connectivity index is 2.09. The van der Waals surface area contributed by atoms with Crippen molar-refractivity contribution in [2.45, 2.75) is 43.7 Å². The summed E-state index contributed by atoms with van der Waals surface area (Å²) < 4.78 is 29.1. The lowest BCUT2D eigenvalue weighted by Gasteiger charge is -2.43. The predicted octanol–water partition coefficient (Wildman–Crippen LogP) is 1.56. The number of nitrogens with zero attached hydrogens (tertiary/aromatic N) is 2. The molecule has 1 aromatic carbocycles. The van der Waals surface area contributed by atoms with Gasteiger partial charge in [-0.25, -0.2) is 13.4 Å². The largest absolute Gasteiger partial charge is 0.381 e. The van der Waals surface area contributed by atoms with Gasteiger partial charge in [-0.2, -0.15) is 0 Å². The third kappa shape index (κ3) is 5.93. The van der Waals surface area contributed by atoms with Crippen LogP contribution in [0.1, 0.15) is 30.9 Å². The van der Waals surface area contributed by atoms with Crippen molar-refractivity contribution in [2.75, 3.05) is 46.7 Å². The molecule has 2 rings (SSSR count). The topological polar surface area (TPSA) is 83.0 Å². The Labute approximate surface area is 169 Å². The summed E-state index contributed by atoms with van der Waals surface area (Å²) >= 11 is 0. The summed E-state index contributed by atoms with van der Waals surface area (Å²) in [6.07, 6.45) is 3.20. The fraction of sp³-hybridized carbons (Fsp3) is 0.650. The Hall–Kier alpha value is -1.64. The lowest BCUT2D eigenvalue weighted by Crippen LogP contribution is -2.57. The molecule has 0 aliphatic carbocycles. The van der Waals surface area contributed by atoms with Crippen molar-refractivity contribution in [2.24, 2.45) is 4.99 Å². The van der Waals surface area contributed by atoms with Crippen LogP contribution in [0.5, 0.6) is 0 Å². The summed E-state index contributed by atoms with van der Waals surface area (Å²) in [6.45, 7) is 7.46. The van der Waals surface area contributed by atoms with Crippen molar-refractivity contribution >= 4 is 15.8 Å². The number of benzene rings is 1. The molecule has 0 amide bonds. The molecule has 0 radical (unpaired) electrons. The number of guanidine groups is 1. The minimum atomic E-state index is -3.20. The van der Waals surface area contributed by atoms with Crippen LogP contribution in [0, 0.1) is 6.92 Å². The molecule has 2 N–H and O–H groups in total. The molecule has 1 heterocycles. The summed E-state index contributed by atoms with van der Waals surface area (Å²) in [4.78, 5) is 7.34. The number of aryl methyl sites for hydroxylation is 1. The minimum Gasteiger partial charge on any atom is -0.381 e. The Morgan fingerprint density at radius 1 is 1.25 bits per heavy atom. The summed E-state index contributed by atoms with van der Waals surface area (Å²) in [5.74, 6) is 0.764. The van der Waals surface area contributed by atoms with Gasteiger partial charge in [0.1, 0.15) is 0 Å². The van der Waals surface area contributed by atoms with Crippen molar-refractivity contribution in [1.82, 2.24) is 15.5 Å². The maximum Gasteiger partial charge on any atom is 0.191 e. The first-order valence-corrected chi connectivity index (χ1v) is 11.6. The number of nitrogens with one attached hydrogen (secondary N) is 2. The maximum absolute atomic E-state index is 11.8. The second-order valence-electron chi connectivity index (χ2n) is 7.65. The fourth-order valence-corrected chi connectivity index (χ4v) is 4.48. The number of aliphatic imine (C=N–C) groups is 1. The average molecular weight is 411 g/mol. The Bertz CT molecular complexity index is 785. The first-order valence-electron chi connectivity index (χ1n) is 9.75. The smallest absolute Gasteiger partial charge is 0.191 e. The highest BCUT2D eigenvalue weighted by Crippen LogP contribution is 2.25. The summed E-state index contributed by atoms with van der Waals surface area (Å²) in [6, 6.07) is 5.39. The second kappa shape index (κ2) is 9.71. The molecule has 1 aliphatic rings. The van der Waals surface area contributed by atoms with Gasteiger partial charge < -0.3 is 20.3 Å². The van der Waals surface area contributed by atoms with E-state index >= 15 is 0 Å². The number of hydrogen-bond acceptors (Lipinski definition) is 5. The van der Waals surface area contributed by atoms with Crippen molar-refractivity contribution in [1.29, 1.82) is 0 Å². The van der Waals surface area contributed by atoms with Crippen LogP contribution < -0.4 is 10.6 Å². The molecule has 0 atom stereocenters. The molecule has 0 saturated carbocycles. The first-order chi connectivity index (χ1) is 13.2. The minimum absolute atomic E-state index is 0.0577. The van der Waals surface area contributed by atoms with Gasteiger partial charge in [0, 0.05) is 38.1 Å². The van der Waals surface area contributed by atoms with E-state index in [0.717, 1.165) is 56.2 Å². The zero-order valence-electron chi connectivity index (χ0n) is 17.7. The monoisotopic (exact) mass is 410 g/mol. The van der Waals surface area contributed by atoms with Crippen LogP contribution in [-0.4, -0.2) is 71.5 Å². The fourth-order valence-electron chi connectivity index (χ4n) is 3.52. The number of likely N-dealkylation sites (N-methyl/N-ethyl adjacent to an activating group) is 1. The van der Waals surface area contributed by atoms with E-state index in [0.29, 0.717) is 11.4 Å². The molecule has 0 unspecified atom stereocenters.